The van der Waals surface area contributed by atoms with Crippen molar-refractivity contribution in [2.45, 2.75) is 36.6 Å². The van der Waals surface area contributed by atoms with Crippen LogP contribution in [0.1, 0.15) is 37.3 Å². The van der Waals surface area contributed by atoms with Crippen LogP contribution in [0.2, 0.25) is 0 Å². The van der Waals surface area contributed by atoms with Gasteiger partial charge in [0.05, 0.1) is 4.90 Å². The molecule has 0 amide bonds. The highest BCUT2D eigenvalue weighted by atomic mass is 32.2. The van der Waals surface area contributed by atoms with Crippen LogP contribution in [-0.2, 0) is 10.0 Å². The molecule has 2 aromatic rings. The molecule has 1 aromatic heterocycles. The number of thiophene rings is 1. The second-order valence-electron chi connectivity index (χ2n) is 6.33. The van der Waals surface area contributed by atoms with Gasteiger partial charge in [-0.15, -0.1) is 0 Å². The molecular weight excluding hydrogens is 359 g/mol. The Kier molecular flexibility index (Phi) is 6.22. The minimum absolute atomic E-state index is 0.00711. The number of likely N-dealkylation sites (tertiary alicyclic amines) is 1. The first-order valence-electron chi connectivity index (χ1n) is 8.58. The van der Waals surface area contributed by atoms with E-state index in [1.807, 2.05) is 5.38 Å². The van der Waals surface area contributed by atoms with Crippen molar-refractivity contribution in [1.82, 2.24) is 9.62 Å². The van der Waals surface area contributed by atoms with E-state index < -0.39 is 15.8 Å². The highest BCUT2D eigenvalue weighted by molar-refractivity contribution is 7.89. The molecule has 7 heteroatoms. The van der Waals surface area contributed by atoms with Crippen LogP contribution in [0.4, 0.5) is 4.39 Å². The van der Waals surface area contributed by atoms with Crippen LogP contribution >= 0.6 is 11.3 Å². The maximum absolute atomic E-state index is 13.4. The molecule has 0 saturated carbocycles. The third-order valence-electron chi connectivity index (χ3n) is 4.58. The number of nitrogens with one attached hydrogen (secondary N) is 1. The van der Waals surface area contributed by atoms with Gasteiger partial charge < -0.3 is 0 Å². The smallest absolute Gasteiger partial charge is 0.240 e. The van der Waals surface area contributed by atoms with E-state index in [-0.39, 0.29) is 17.5 Å². The number of benzene rings is 1. The van der Waals surface area contributed by atoms with Crippen molar-refractivity contribution in [3.63, 3.8) is 0 Å². The topological polar surface area (TPSA) is 49.4 Å². The number of hydrogen-bond donors (Lipinski definition) is 1. The van der Waals surface area contributed by atoms with Crippen molar-refractivity contribution in [3.8, 4) is 0 Å². The largest absolute Gasteiger partial charge is 0.295 e. The van der Waals surface area contributed by atoms with E-state index in [0.717, 1.165) is 37.6 Å². The Hall–Kier alpha value is -1.28. The van der Waals surface area contributed by atoms with Crippen LogP contribution in [0.15, 0.2) is 46.0 Å². The Balaban J connectivity index is 1.76. The first kappa shape index (κ1) is 18.5. The molecule has 1 aliphatic rings. The summed E-state index contributed by atoms with van der Waals surface area (Å²) in [7, 11) is -3.73. The predicted octanol–water partition coefficient (Wildman–Crippen LogP) is 3.78. The fourth-order valence-electron chi connectivity index (χ4n) is 3.24. The number of rotatable bonds is 6. The Bertz CT molecular complexity index is 770. The number of hydrogen-bond acceptors (Lipinski definition) is 4. The molecule has 3 rings (SSSR count). The van der Waals surface area contributed by atoms with Gasteiger partial charge in [-0.05, 0) is 66.5 Å². The molecule has 2 heterocycles. The molecule has 4 nitrogen and oxygen atoms in total. The molecule has 25 heavy (non-hydrogen) atoms. The summed E-state index contributed by atoms with van der Waals surface area (Å²) in [6.07, 6.45) is 4.72. The lowest BCUT2D eigenvalue weighted by Crippen LogP contribution is -2.38. The van der Waals surface area contributed by atoms with E-state index in [4.69, 9.17) is 0 Å². The van der Waals surface area contributed by atoms with Gasteiger partial charge >= 0.3 is 0 Å². The van der Waals surface area contributed by atoms with E-state index in [1.54, 1.807) is 11.3 Å². The summed E-state index contributed by atoms with van der Waals surface area (Å²) in [5.74, 6) is -0.551. The summed E-state index contributed by atoms with van der Waals surface area (Å²) in [6.45, 7) is 2.24. The lowest BCUT2D eigenvalue weighted by Gasteiger charge is -2.30. The maximum atomic E-state index is 13.4. The quantitative estimate of drug-likeness (QED) is 0.827. The highest BCUT2D eigenvalue weighted by Gasteiger charge is 2.24. The van der Waals surface area contributed by atoms with Crippen molar-refractivity contribution in [3.05, 3.63) is 52.5 Å². The summed E-state index contributed by atoms with van der Waals surface area (Å²) in [6, 6.07) is 7.17. The van der Waals surface area contributed by atoms with Crippen LogP contribution in [0.25, 0.3) is 0 Å². The lowest BCUT2D eigenvalue weighted by molar-refractivity contribution is 0.206. The number of halogens is 1. The van der Waals surface area contributed by atoms with Crippen LogP contribution < -0.4 is 4.72 Å². The van der Waals surface area contributed by atoms with Crippen molar-refractivity contribution in [1.29, 1.82) is 0 Å². The highest BCUT2D eigenvalue weighted by Crippen LogP contribution is 2.26. The molecular formula is C18H23FN2O2S2. The van der Waals surface area contributed by atoms with E-state index >= 15 is 0 Å². The van der Waals surface area contributed by atoms with E-state index in [0.29, 0.717) is 0 Å². The normalized spacial score (nSPS) is 18.0. The zero-order valence-corrected chi connectivity index (χ0v) is 15.7. The second kappa shape index (κ2) is 8.40. The monoisotopic (exact) mass is 382 g/mol. The summed E-state index contributed by atoms with van der Waals surface area (Å²) in [5, 5.41) is 4.09. The van der Waals surface area contributed by atoms with Crippen LogP contribution in [-0.4, -0.2) is 33.0 Å². The molecule has 1 fully saturated rings. The zero-order chi connectivity index (χ0) is 17.7. The average molecular weight is 383 g/mol. The van der Waals surface area contributed by atoms with Gasteiger partial charge in [0.25, 0.3) is 0 Å². The summed E-state index contributed by atoms with van der Waals surface area (Å²) < 4.78 is 41.1. The minimum Gasteiger partial charge on any atom is -0.295 e. The molecule has 0 radical (unpaired) electrons. The molecule has 1 atom stereocenters. The molecule has 1 N–H and O–H groups in total. The van der Waals surface area contributed by atoms with Crippen molar-refractivity contribution >= 4 is 21.4 Å². The van der Waals surface area contributed by atoms with E-state index in [1.165, 1.54) is 31.0 Å². The lowest BCUT2D eigenvalue weighted by atomic mass is 10.1. The van der Waals surface area contributed by atoms with E-state index in [9.17, 15) is 12.8 Å². The van der Waals surface area contributed by atoms with Gasteiger partial charge in [0.15, 0.2) is 0 Å². The van der Waals surface area contributed by atoms with Crippen LogP contribution in [0, 0.1) is 5.82 Å². The Morgan fingerprint density at radius 1 is 1.16 bits per heavy atom. The van der Waals surface area contributed by atoms with Crippen LogP contribution in [0.5, 0.6) is 0 Å². The molecule has 1 aliphatic heterocycles. The van der Waals surface area contributed by atoms with Gasteiger partial charge in [-0.1, -0.05) is 18.9 Å². The van der Waals surface area contributed by atoms with Crippen molar-refractivity contribution in [2.24, 2.45) is 0 Å². The molecule has 1 aromatic carbocycles. The summed E-state index contributed by atoms with van der Waals surface area (Å²) in [5.41, 5.74) is 1.13. The number of sulfonamides is 1. The third-order valence-corrected chi connectivity index (χ3v) is 6.71. The molecule has 0 bridgehead atoms. The van der Waals surface area contributed by atoms with Gasteiger partial charge in [-0.2, -0.15) is 11.3 Å². The number of nitrogens with zero attached hydrogens (tertiary/aromatic N) is 1. The Morgan fingerprint density at radius 2 is 1.92 bits per heavy atom. The molecule has 0 spiro atoms. The fourth-order valence-corrected chi connectivity index (χ4v) is 5.01. The molecule has 136 valence electrons. The van der Waals surface area contributed by atoms with Gasteiger partial charge in [-0.25, -0.2) is 17.5 Å². The molecule has 1 saturated heterocycles. The standard InChI is InChI=1S/C18H23FN2O2S2/c19-16-6-5-7-17(12-16)25(22,23)20-13-18(15-8-11-24-14-15)21-9-3-1-2-4-10-21/h5-8,11-12,14,18,20H,1-4,9-10,13H2. The third kappa shape index (κ3) is 4.88. The van der Waals surface area contributed by atoms with Gasteiger partial charge in [0.2, 0.25) is 10.0 Å². The van der Waals surface area contributed by atoms with Crippen molar-refractivity contribution < 1.29 is 12.8 Å². The minimum atomic E-state index is -3.73. The average Bonchev–Trinajstić information content (AvgIpc) is 2.98. The first-order valence-corrected chi connectivity index (χ1v) is 11.0. The SMILES string of the molecule is O=S(=O)(NCC(c1ccsc1)N1CCCCCC1)c1cccc(F)c1. The van der Waals surface area contributed by atoms with Crippen LogP contribution in [0.3, 0.4) is 0 Å². The summed E-state index contributed by atoms with van der Waals surface area (Å²) >= 11 is 1.62. The first-order chi connectivity index (χ1) is 12.1. The molecule has 1 unspecified atom stereocenters. The van der Waals surface area contributed by atoms with Crippen molar-refractivity contribution in [2.75, 3.05) is 19.6 Å². The maximum Gasteiger partial charge on any atom is 0.240 e. The molecule has 0 aliphatic carbocycles. The Labute approximate surface area is 152 Å². The zero-order valence-electron chi connectivity index (χ0n) is 14.0. The Morgan fingerprint density at radius 3 is 2.56 bits per heavy atom. The van der Waals surface area contributed by atoms with Gasteiger partial charge in [0.1, 0.15) is 5.82 Å². The fraction of sp³-hybridized carbons (Fsp3) is 0.444. The summed E-state index contributed by atoms with van der Waals surface area (Å²) in [4.78, 5) is 2.33. The predicted molar refractivity (Wildman–Crippen MR) is 98.7 cm³/mol. The van der Waals surface area contributed by atoms with Gasteiger partial charge in [-0.3, -0.25) is 4.90 Å². The van der Waals surface area contributed by atoms with Gasteiger partial charge in [0, 0.05) is 12.6 Å². The second-order valence-corrected chi connectivity index (χ2v) is 8.88. The van der Waals surface area contributed by atoms with E-state index in [2.05, 4.69) is 21.1 Å².